The number of nitrogens with one attached hydrogen (secondary N) is 1. The summed E-state index contributed by atoms with van der Waals surface area (Å²) in [7, 11) is 2.22. The van der Waals surface area contributed by atoms with Gasteiger partial charge in [0.25, 0.3) is 0 Å². The number of anilines is 1. The van der Waals surface area contributed by atoms with Gasteiger partial charge < -0.3 is 10.2 Å². The van der Waals surface area contributed by atoms with Crippen molar-refractivity contribution in [1.29, 1.82) is 0 Å². The van der Waals surface area contributed by atoms with E-state index in [1.807, 2.05) is 0 Å². The van der Waals surface area contributed by atoms with E-state index in [2.05, 4.69) is 55.4 Å². The largest absolute Gasteiger partial charge is 0.372 e. The Morgan fingerprint density at radius 3 is 2.72 bits per heavy atom. The molecule has 1 fully saturated rings. The van der Waals surface area contributed by atoms with Gasteiger partial charge in [-0.15, -0.1) is 0 Å². The fraction of sp³-hybridized carbons (Fsp3) is 0.625. The number of hydrogen-bond donors (Lipinski definition) is 1. The van der Waals surface area contributed by atoms with Crippen molar-refractivity contribution in [2.75, 3.05) is 11.9 Å². The topological polar surface area (TPSA) is 15.3 Å². The van der Waals surface area contributed by atoms with Crippen LogP contribution in [0, 0.1) is 0 Å². The van der Waals surface area contributed by atoms with E-state index in [4.69, 9.17) is 0 Å². The highest BCUT2D eigenvalue weighted by Gasteiger charge is 2.21. The highest BCUT2D eigenvalue weighted by molar-refractivity contribution is 5.53. The zero-order valence-electron chi connectivity index (χ0n) is 11.9. The van der Waals surface area contributed by atoms with Crippen molar-refractivity contribution in [1.82, 2.24) is 5.32 Å². The summed E-state index contributed by atoms with van der Waals surface area (Å²) in [4.78, 5) is 2.42. The molecule has 1 aromatic rings. The van der Waals surface area contributed by atoms with Crippen LogP contribution in [-0.4, -0.2) is 19.1 Å². The molecule has 1 atom stereocenters. The van der Waals surface area contributed by atoms with Gasteiger partial charge in [-0.05, 0) is 37.8 Å². The van der Waals surface area contributed by atoms with Crippen LogP contribution >= 0.6 is 0 Å². The molecule has 1 aromatic carbocycles. The maximum absolute atomic E-state index is 3.61. The molecule has 100 valence electrons. The third-order valence-electron chi connectivity index (χ3n) is 3.90. The lowest BCUT2D eigenvalue weighted by atomic mass is 10.1. The van der Waals surface area contributed by atoms with E-state index in [1.165, 1.54) is 36.9 Å². The molecule has 0 heterocycles. The number of para-hydroxylation sites is 1. The molecular formula is C16H26N2. The maximum Gasteiger partial charge on any atom is 0.0411 e. The van der Waals surface area contributed by atoms with Gasteiger partial charge in [-0.3, -0.25) is 0 Å². The van der Waals surface area contributed by atoms with E-state index in [9.17, 15) is 0 Å². The van der Waals surface area contributed by atoms with Crippen LogP contribution in [0.2, 0.25) is 0 Å². The summed E-state index contributed by atoms with van der Waals surface area (Å²) in [6.07, 6.45) is 5.20. The van der Waals surface area contributed by atoms with Crippen molar-refractivity contribution in [2.45, 2.75) is 58.2 Å². The molecule has 0 aliphatic heterocycles. The predicted octanol–water partition coefficient (Wildman–Crippen LogP) is 3.56. The minimum absolute atomic E-state index is 0.608. The van der Waals surface area contributed by atoms with Crippen LogP contribution in [0.25, 0.3) is 0 Å². The maximum atomic E-state index is 3.61. The molecule has 2 rings (SSSR count). The van der Waals surface area contributed by atoms with Crippen molar-refractivity contribution >= 4 is 5.69 Å². The fourth-order valence-electron chi connectivity index (χ4n) is 2.40. The van der Waals surface area contributed by atoms with Crippen LogP contribution in [0.1, 0.15) is 45.1 Å². The summed E-state index contributed by atoms with van der Waals surface area (Å²) in [5, 5.41) is 3.61. The Balaban J connectivity index is 2.04. The van der Waals surface area contributed by atoms with Gasteiger partial charge in [0.2, 0.25) is 0 Å². The molecule has 1 N–H and O–H groups in total. The molecule has 0 bridgehead atoms. The number of benzene rings is 1. The van der Waals surface area contributed by atoms with Crippen LogP contribution < -0.4 is 10.2 Å². The third kappa shape index (κ3) is 3.49. The second-order valence-corrected chi connectivity index (χ2v) is 5.53. The van der Waals surface area contributed by atoms with E-state index in [0.717, 1.165) is 12.6 Å². The van der Waals surface area contributed by atoms with E-state index < -0.39 is 0 Å². The van der Waals surface area contributed by atoms with Crippen molar-refractivity contribution in [3.63, 3.8) is 0 Å². The molecule has 2 heteroatoms. The summed E-state index contributed by atoms with van der Waals surface area (Å²) >= 11 is 0. The molecule has 2 nitrogen and oxygen atoms in total. The summed E-state index contributed by atoms with van der Waals surface area (Å²) in [6.45, 7) is 5.57. The number of rotatable bonds is 7. The Morgan fingerprint density at radius 2 is 2.06 bits per heavy atom. The fourth-order valence-corrected chi connectivity index (χ4v) is 2.40. The first-order valence-electron chi connectivity index (χ1n) is 7.26. The van der Waals surface area contributed by atoms with Gasteiger partial charge >= 0.3 is 0 Å². The molecule has 1 aliphatic rings. The molecule has 1 unspecified atom stereocenters. The van der Waals surface area contributed by atoms with Crippen LogP contribution in [0.15, 0.2) is 24.3 Å². The quantitative estimate of drug-likeness (QED) is 0.791. The smallest absolute Gasteiger partial charge is 0.0411 e. The first kappa shape index (κ1) is 13.4. The lowest BCUT2D eigenvalue weighted by molar-refractivity contribution is 0.610. The molecule has 0 amide bonds. The lowest BCUT2D eigenvalue weighted by Gasteiger charge is -2.29. The lowest BCUT2D eigenvalue weighted by Crippen LogP contribution is -2.30. The number of hydrogen-bond acceptors (Lipinski definition) is 2. The Labute approximate surface area is 111 Å². The summed E-state index contributed by atoms with van der Waals surface area (Å²) < 4.78 is 0. The standard InChI is InChI=1S/C16H26N2/c1-4-7-13(2)18(3)16-9-6-5-8-14(16)12-17-15-10-11-15/h5-6,8-9,13,15,17H,4,7,10-12H2,1-3H3. The van der Waals surface area contributed by atoms with E-state index in [0.29, 0.717) is 6.04 Å². The van der Waals surface area contributed by atoms with Gasteiger partial charge in [0.1, 0.15) is 0 Å². The third-order valence-corrected chi connectivity index (χ3v) is 3.90. The Hall–Kier alpha value is -1.02. The normalized spacial score (nSPS) is 16.6. The predicted molar refractivity (Wildman–Crippen MR) is 79.1 cm³/mol. The van der Waals surface area contributed by atoms with Crippen LogP contribution in [0.3, 0.4) is 0 Å². The van der Waals surface area contributed by atoms with Crippen LogP contribution in [-0.2, 0) is 6.54 Å². The van der Waals surface area contributed by atoms with Crippen molar-refractivity contribution in [2.24, 2.45) is 0 Å². The summed E-state index contributed by atoms with van der Waals surface area (Å²) in [5.74, 6) is 0. The van der Waals surface area contributed by atoms with Gasteiger partial charge in [0.05, 0.1) is 0 Å². The molecule has 0 spiro atoms. The molecule has 0 saturated heterocycles. The molecule has 18 heavy (non-hydrogen) atoms. The van der Waals surface area contributed by atoms with Gasteiger partial charge in [0, 0.05) is 31.4 Å². The Bertz CT molecular complexity index is 371. The van der Waals surface area contributed by atoms with Crippen molar-refractivity contribution in [3.8, 4) is 0 Å². The van der Waals surface area contributed by atoms with Crippen LogP contribution in [0.5, 0.6) is 0 Å². The van der Waals surface area contributed by atoms with Gasteiger partial charge in [-0.25, -0.2) is 0 Å². The zero-order valence-corrected chi connectivity index (χ0v) is 11.9. The Morgan fingerprint density at radius 1 is 1.33 bits per heavy atom. The SMILES string of the molecule is CCCC(C)N(C)c1ccccc1CNC1CC1. The van der Waals surface area contributed by atoms with Crippen LogP contribution in [0.4, 0.5) is 5.69 Å². The molecule has 0 aromatic heterocycles. The first-order chi connectivity index (χ1) is 8.72. The van der Waals surface area contributed by atoms with E-state index >= 15 is 0 Å². The summed E-state index contributed by atoms with van der Waals surface area (Å²) in [5.41, 5.74) is 2.81. The second-order valence-electron chi connectivity index (χ2n) is 5.53. The van der Waals surface area contributed by atoms with Crippen molar-refractivity contribution in [3.05, 3.63) is 29.8 Å². The minimum Gasteiger partial charge on any atom is -0.372 e. The molecule has 1 saturated carbocycles. The van der Waals surface area contributed by atoms with Gasteiger partial charge in [-0.1, -0.05) is 31.5 Å². The number of nitrogens with zero attached hydrogens (tertiary/aromatic N) is 1. The van der Waals surface area contributed by atoms with E-state index in [-0.39, 0.29) is 0 Å². The summed E-state index contributed by atoms with van der Waals surface area (Å²) in [6, 6.07) is 10.2. The minimum atomic E-state index is 0.608. The van der Waals surface area contributed by atoms with Gasteiger partial charge in [0.15, 0.2) is 0 Å². The average molecular weight is 246 g/mol. The van der Waals surface area contributed by atoms with Crippen molar-refractivity contribution < 1.29 is 0 Å². The second kappa shape index (κ2) is 6.24. The monoisotopic (exact) mass is 246 g/mol. The molecule has 0 radical (unpaired) electrons. The first-order valence-corrected chi connectivity index (χ1v) is 7.26. The molecular weight excluding hydrogens is 220 g/mol. The Kier molecular flexibility index (Phi) is 4.65. The van der Waals surface area contributed by atoms with Gasteiger partial charge in [-0.2, -0.15) is 0 Å². The highest BCUT2D eigenvalue weighted by atomic mass is 15.1. The zero-order chi connectivity index (χ0) is 13.0. The van der Waals surface area contributed by atoms with E-state index in [1.54, 1.807) is 0 Å². The average Bonchev–Trinajstić information content (AvgIpc) is 3.20. The highest BCUT2D eigenvalue weighted by Crippen LogP contribution is 2.24. The molecule has 1 aliphatic carbocycles.